The molecule has 0 aliphatic rings. The van der Waals surface area contributed by atoms with Gasteiger partial charge in [-0.1, -0.05) is 24.3 Å². The zero-order valence-corrected chi connectivity index (χ0v) is 19.2. The van der Waals surface area contributed by atoms with Gasteiger partial charge in [-0.15, -0.1) is 0 Å². The molecule has 3 aromatic carbocycles. The Balaban J connectivity index is 0.000000244. The number of nitrogen functional groups attached to an aromatic ring is 1. The number of methoxy groups -OCH3 is 3. The summed E-state index contributed by atoms with van der Waals surface area (Å²) >= 11 is 0. The summed E-state index contributed by atoms with van der Waals surface area (Å²) in [6.45, 7) is 2.35. The molecule has 0 heterocycles. The van der Waals surface area contributed by atoms with Gasteiger partial charge in [0, 0.05) is 24.8 Å². The van der Waals surface area contributed by atoms with Crippen LogP contribution in [-0.4, -0.2) is 34.3 Å². The van der Waals surface area contributed by atoms with Gasteiger partial charge < -0.3 is 30.6 Å². The van der Waals surface area contributed by atoms with Gasteiger partial charge in [0.15, 0.2) is 11.5 Å². The van der Waals surface area contributed by atoms with Gasteiger partial charge in [0.2, 0.25) is 11.7 Å². The number of nitrogens with two attached hydrogens (primary N) is 1. The fraction of sp³-hybridized carbons (Fsp3) is 0.240. The van der Waals surface area contributed by atoms with Gasteiger partial charge >= 0.3 is 0 Å². The molecule has 32 heavy (non-hydrogen) atoms. The number of nitrogens with one attached hydrogen (secondary N) is 2. The third kappa shape index (κ3) is 6.92. The van der Waals surface area contributed by atoms with Crippen LogP contribution < -0.4 is 30.6 Å². The molecule has 0 spiro atoms. The fourth-order valence-corrected chi connectivity index (χ4v) is 3.04. The normalized spacial score (nSPS) is 9.91. The van der Waals surface area contributed by atoms with E-state index >= 15 is 0 Å². The second kappa shape index (κ2) is 12.2. The first-order valence-electron chi connectivity index (χ1n) is 10.1. The number of ether oxygens (including phenoxy) is 3. The summed E-state index contributed by atoms with van der Waals surface area (Å²) in [5.74, 6) is 1.81. The number of rotatable bonds is 7. The molecule has 0 aliphatic carbocycles. The number of anilines is 2. The Labute approximate surface area is 189 Å². The molecule has 1 amide bonds. The van der Waals surface area contributed by atoms with Crippen molar-refractivity contribution in [2.45, 2.75) is 13.5 Å². The van der Waals surface area contributed by atoms with E-state index in [1.807, 2.05) is 67.7 Å². The molecule has 7 heteroatoms. The molecule has 4 N–H and O–H groups in total. The second-order valence-corrected chi connectivity index (χ2v) is 6.94. The van der Waals surface area contributed by atoms with Crippen LogP contribution in [0.15, 0.2) is 60.7 Å². The van der Waals surface area contributed by atoms with Crippen LogP contribution in [0.4, 0.5) is 11.4 Å². The SMILES string of the molecule is CNCc1ccc(NC(C)=O)cc1.COc1cc(-c2ccc(N)cc2)cc(OC)c1OC. The van der Waals surface area contributed by atoms with E-state index in [9.17, 15) is 4.79 Å². The topological polar surface area (TPSA) is 94.8 Å². The van der Waals surface area contributed by atoms with Crippen molar-refractivity contribution in [3.05, 3.63) is 66.2 Å². The highest BCUT2D eigenvalue weighted by Crippen LogP contribution is 2.41. The van der Waals surface area contributed by atoms with Crippen molar-refractivity contribution < 1.29 is 19.0 Å². The van der Waals surface area contributed by atoms with Gasteiger partial charge in [-0.05, 0) is 60.1 Å². The molecule has 0 aliphatic heterocycles. The van der Waals surface area contributed by atoms with Crippen LogP contribution in [0.2, 0.25) is 0 Å². The summed E-state index contributed by atoms with van der Waals surface area (Å²) in [6.07, 6.45) is 0. The maximum atomic E-state index is 10.7. The first-order chi connectivity index (χ1) is 15.4. The predicted octanol–water partition coefficient (Wildman–Crippen LogP) is 4.33. The molecule has 170 valence electrons. The standard InChI is InChI=1S/C15H17NO3.C10H14N2O/c1-17-13-8-11(9-14(18-2)15(13)19-3)10-4-6-12(16)7-5-10;1-8(13)12-10-5-3-9(4-6-10)7-11-2/h4-9H,16H2,1-3H3;3-6,11H,7H2,1-2H3,(H,12,13). The summed E-state index contributed by atoms with van der Waals surface area (Å²) in [7, 11) is 6.69. The Hall–Kier alpha value is -3.71. The Morgan fingerprint density at radius 1 is 0.844 bits per heavy atom. The lowest BCUT2D eigenvalue weighted by Gasteiger charge is -2.14. The molecule has 3 rings (SSSR count). The molecule has 0 saturated carbocycles. The van der Waals surface area contributed by atoms with Crippen LogP contribution in [0, 0.1) is 0 Å². The van der Waals surface area contributed by atoms with Crippen molar-refractivity contribution in [1.29, 1.82) is 0 Å². The summed E-state index contributed by atoms with van der Waals surface area (Å²) in [6, 6.07) is 19.2. The van der Waals surface area contributed by atoms with Crippen molar-refractivity contribution in [1.82, 2.24) is 5.32 Å². The minimum atomic E-state index is -0.0404. The van der Waals surface area contributed by atoms with E-state index in [4.69, 9.17) is 19.9 Å². The lowest BCUT2D eigenvalue weighted by molar-refractivity contribution is -0.114. The van der Waals surface area contributed by atoms with Crippen molar-refractivity contribution in [2.24, 2.45) is 0 Å². The predicted molar refractivity (Wildman–Crippen MR) is 129 cm³/mol. The number of hydrogen-bond donors (Lipinski definition) is 3. The molecular formula is C25H31N3O4. The van der Waals surface area contributed by atoms with Crippen LogP contribution in [0.1, 0.15) is 12.5 Å². The number of hydrogen-bond acceptors (Lipinski definition) is 6. The average molecular weight is 438 g/mol. The van der Waals surface area contributed by atoms with Crippen LogP contribution in [0.5, 0.6) is 17.2 Å². The van der Waals surface area contributed by atoms with Crippen molar-refractivity contribution in [3.63, 3.8) is 0 Å². The van der Waals surface area contributed by atoms with Gasteiger partial charge in [0.1, 0.15) is 0 Å². The first-order valence-corrected chi connectivity index (χ1v) is 10.1. The van der Waals surface area contributed by atoms with Crippen molar-refractivity contribution in [3.8, 4) is 28.4 Å². The highest BCUT2D eigenvalue weighted by atomic mass is 16.5. The average Bonchev–Trinajstić information content (AvgIpc) is 2.80. The van der Waals surface area contributed by atoms with E-state index in [0.717, 1.165) is 29.0 Å². The Morgan fingerprint density at radius 3 is 1.84 bits per heavy atom. The van der Waals surface area contributed by atoms with Gasteiger partial charge in [-0.3, -0.25) is 4.79 Å². The van der Waals surface area contributed by atoms with E-state index < -0.39 is 0 Å². The Bertz CT molecular complexity index is 978. The van der Waals surface area contributed by atoms with Gasteiger partial charge in [0.05, 0.1) is 21.3 Å². The lowest BCUT2D eigenvalue weighted by atomic mass is 10.0. The second-order valence-electron chi connectivity index (χ2n) is 6.94. The van der Waals surface area contributed by atoms with Crippen LogP contribution in [-0.2, 0) is 11.3 Å². The Morgan fingerprint density at radius 2 is 1.41 bits per heavy atom. The van der Waals surface area contributed by atoms with Gasteiger partial charge in [-0.25, -0.2) is 0 Å². The van der Waals surface area contributed by atoms with Gasteiger partial charge in [0.25, 0.3) is 0 Å². The van der Waals surface area contributed by atoms with E-state index in [-0.39, 0.29) is 5.91 Å². The smallest absolute Gasteiger partial charge is 0.221 e. The van der Waals surface area contributed by atoms with E-state index in [0.29, 0.717) is 17.2 Å². The van der Waals surface area contributed by atoms with Gasteiger partial charge in [-0.2, -0.15) is 0 Å². The largest absolute Gasteiger partial charge is 0.493 e. The molecule has 0 saturated heterocycles. The maximum absolute atomic E-state index is 10.7. The van der Waals surface area contributed by atoms with Crippen LogP contribution in [0.3, 0.4) is 0 Å². The summed E-state index contributed by atoms with van der Waals surface area (Å²) in [5, 5.41) is 5.77. The number of carbonyl (C=O) groups excluding carboxylic acids is 1. The highest BCUT2D eigenvalue weighted by molar-refractivity contribution is 5.88. The minimum absolute atomic E-state index is 0.0404. The van der Waals surface area contributed by atoms with E-state index in [2.05, 4.69) is 10.6 Å². The number of benzene rings is 3. The highest BCUT2D eigenvalue weighted by Gasteiger charge is 2.13. The molecule has 3 aromatic rings. The van der Waals surface area contributed by atoms with Crippen LogP contribution in [0.25, 0.3) is 11.1 Å². The molecule has 0 radical (unpaired) electrons. The van der Waals surface area contributed by atoms with Crippen molar-refractivity contribution in [2.75, 3.05) is 39.4 Å². The monoisotopic (exact) mass is 437 g/mol. The lowest BCUT2D eigenvalue weighted by Crippen LogP contribution is -2.07. The summed E-state index contributed by atoms with van der Waals surface area (Å²) in [5.41, 5.74) is 10.5. The molecule has 0 unspecified atom stereocenters. The molecule has 0 fully saturated rings. The number of carbonyl (C=O) groups is 1. The third-order valence-corrected chi connectivity index (χ3v) is 4.56. The van der Waals surface area contributed by atoms with Crippen LogP contribution >= 0.6 is 0 Å². The van der Waals surface area contributed by atoms with E-state index in [1.165, 1.54) is 12.5 Å². The number of amides is 1. The fourth-order valence-electron chi connectivity index (χ4n) is 3.04. The molecule has 0 bridgehead atoms. The summed E-state index contributed by atoms with van der Waals surface area (Å²) < 4.78 is 16.0. The van der Waals surface area contributed by atoms with Crippen molar-refractivity contribution >= 4 is 17.3 Å². The zero-order valence-electron chi connectivity index (χ0n) is 19.2. The minimum Gasteiger partial charge on any atom is -0.493 e. The molecule has 0 aromatic heterocycles. The Kier molecular flexibility index (Phi) is 9.38. The maximum Gasteiger partial charge on any atom is 0.221 e. The quantitative estimate of drug-likeness (QED) is 0.477. The summed E-state index contributed by atoms with van der Waals surface area (Å²) in [4.78, 5) is 10.7. The zero-order chi connectivity index (χ0) is 23.5. The molecular weight excluding hydrogens is 406 g/mol. The third-order valence-electron chi connectivity index (χ3n) is 4.56. The molecule has 0 atom stereocenters. The molecule has 7 nitrogen and oxygen atoms in total. The first kappa shape index (κ1) is 24.6. The van der Waals surface area contributed by atoms with E-state index in [1.54, 1.807) is 21.3 Å².